The molecule has 6 heteroatoms. The van der Waals surface area contributed by atoms with Gasteiger partial charge in [-0.3, -0.25) is 4.79 Å². The van der Waals surface area contributed by atoms with Gasteiger partial charge in [0.1, 0.15) is 0 Å². The van der Waals surface area contributed by atoms with Gasteiger partial charge in [0, 0.05) is 24.7 Å². The van der Waals surface area contributed by atoms with Crippen molar-refractivity contribution in [2.45, 2.75) is 26.7 Å². The standard InChI is InChI=1S/C16H21ClN2O3/c1-11-9-12(3-4-13(11)17)5-7-18-15(22)19-8-6-16(2,10-19)14(20)21/h3-4,9H,5-8,10H2,1-2H3,(H,18,22)(H,20,21). The van der Waals surface area contributed by atoms with E-state index in [1.54, 1.807) is 11.8 Å². The average Bonchev–Trinajstić information content (AvgIpc) is 2.87. The molecule has 0 bridgehead atoms. The fraction of sp³-hybridized carbons (Fsp3) is 0.500. The zero-order chi connectivity index (χ0) is 16.3. The van der Waals surface area contributed by atoms with Crippen LogP contribution in [0.1, 0.15) is 24.5 Å². The predicted octanol–water partition coefficient (Wildman–Crippen LogP) is 2.70. The van der Waals surface area contributed by atoms with Crippen LogP contribution >= 0.6 is 11.6 Å². The summed E-state index contributed by atoms with van der Waals surface area (Å²) in [4.78, 5) is 24.8. The number of hydrogen-bond donors (Lipinski definition) is 2. The van der Waals surface area contributed by atoms with Crippen LogP contribution in [0.5, 0.6) is 0 Å². The SMILES string of the molecule is Cc1cc(CCNC(=O)N2CCC(C)(C(=O)O)C2)ccc1Cl. The van der Waals surface area contributed by atoms with Crippen molar-refractivity contribution in [1.82, 2.24) is 10.2 Å². The first-order chi connectivity index (χ1) is 10.3. The van der Waals surface area contributed by atoms with Crippen LogP contribution in [0.15, 0.2) is 18.2 Å². The van der Waals surface area contributed by atoms with Crippen LogP contribution < -0.4 is 5.32 Å². The molecule has 0 radical (unpaired) electrons. The van der Waals surface area contributed by atoms with Gasteiger partial charge in [-0.2, -0.15) is 0 Å². The van der Waals surface area contributed by atoms with Crippen molar-refractivity contribution in [2.75, 3.05) is 19.6 Å². The van der Waals surface area contributed by atoms with E-state index in [1.165, 1.54) is 0 Å². The van der Waals surface area contributed by atoms with Gasteiger partial charge in [0.05, 0.1) is 5.41 Å². The molecule has 1 aromatic carbocycles. The van der Waals surface area contributed by atoms with Gasteiger partial charge in [0.15, 0.2) is 0 Å². The fourth-order valence-electron chi connectivity index (χ4n) is 2.60. The Morgan fingerprint density at radius 2 is 2.18 bits per heavy atom. The summed E-state index contributed by atoms with van der Waals surface area (Å²) in [6.07, 6.45) is 1.21. The van der Waals surface area contributed by atoms with Gasteiger partial charge in [0.2, 0.25) is 0 Å². The lowest BCUT2D eigenvalue weighted by atomic mass is 9.90. The molecule has 5 nitrogen and oxygen atoms in total. The quantitative estimate of drug-likeness (QED) is 0.894. The zero-order valence-electron chi connectivity index (χ0n) is 12.9. The summed E-state index contributed by atoms with van der Waals surface area (Å²) in [6, 6.07) is 5.60. The van der Waals surface area contributed by atoms with Crippen LogP contribution in [0.25, 0.3) is 0 Å². The molecule has 0 saturated carbocycles. The highest BCUT2D eigenvalue weighted by Gasteiger charge is 2.42. The Labute approximate surface area is 135 Å². The lowest BCUT2D eigenvalue weighted by Crippen LogP contribution is -2.41. The maximum Gasteiger partial charge on any atom is 0.317 e. The Morgan fingerprint density at radius 3 is 2.77 bits per heavy atom. The zero-order valence-corrected chi connectivity index (χ0v) is 13.6. The predicted molar refractivity (Wildman–Crippen MR) is 85.2 cm³/mol. The topological polar surface area (TPSA) is 69.6 Å². The molecule has 120 valence electrons. The smallest absolute Gasteiger partial charge is 0.317 e. The fourth-order valence-corrected chi connectivity index (χ4v) is 2.71. The summed E-state index contributed by atoms with van der Waals surface area (Å²) in [6.45, 7) is 4.88. The highest BCUT2D eigenvalue weighted by Crippen LogP contribution is 2.29. The number of carboxylic acid groups (broad SMARTS) is 1. The maximum absolute atomic E-state index is 12.1. The van der Waals surface area contributed by atoms with Gasteiger partial charge in [-0.15, -0.1) is 0 Å². The molecule has 1 saturated heterocycles. The number of halogens is 1. The number of carbonyl (C=O) groups is 2. The summed E-state index contributed by atoms with van der Waals surface area (Å²) in [5, 5.41) is 12.8. The summed E-state index contributed by atoms with van der Waals surface area (Å²) < 4.78 is 0. The number of carboxylic acids is 1. The molecule has 2 rings (SSSR count). The first-order valence-corrected chi connectivity index (χ1v) is 7.71. The molecular formula is C16H21ClN2O3. The first-order valence-electron chi connectivity index (χ1n) is 7.33. The van der Waals surface area contributed by atoms with Crippen molar-refractivity contribution in [2.24, 2.45) is 5.41 Å². The van der Waals surface area contributed by atoms with E-state index in [0.29, 0.717) is 25.9 Å². The number of aliphatic carboxylic acids is 1. The molecule has 1 fully saturated rings. The second-order valence-electron chi connectivity index (χ2n) is 6.10. The highest BCUT2D eigenvalue weighted by molar-refractivity contribution is 6.31. The number of nitrogens with one attached hydrogen (secondary N) is 1. The molecule has 0 spiro atoms. The molecule has 1 heterocycles. The third kappa shape index (κ3) is 3.71. The Morgan fingerprint density at radius 1 is 1.45 bits per heavy atom. The summed E-state index contributed by atoms with van der Waals surface area (Å²) in [5.74, 6) is -0.848. The van der Waals surface area contributed by atoms with Crippen LogP contribution in [0, 0.1) is 12.3 Å². The first kappa shape index (κ1) is 16.6. The van der Waals surface area contributed by atoms with E-state index < -0.39 is 11.4 Å². The van der Waals surface area contributed by atoms with E-state index in [1.807, 2.05) is 25.1 Å². The number of urea groups is 1. The van der Waals surface area contributed by atoms with Gasteiger partial charge in [0.25, 0.3) is 0 Å². The number of aryl methyl sites for hydroxylation is 1. The number of nitrogens with zero attached hydrogens (tertiary/aromatic N) is 1. The highest BCUT2D eigenvalue weighted by atomic mass is 35.5. The summed E-state index contributed by atoms with van der Waals surface area (Å²) >= 11 is 5.98. The van der Waals surface area contributed by atoms with E-state index in [2.05, 4.69) is 5.32 Å². The molecule has 1 unspecified atom stereocenters. The van der Waals surface area contributed by atoms with Gasteiger partial charge < -0.3 is 15.3 Å². The molecule has 1 atom stereocenters. The minimum Gasteiger partial charge on any atom is -0.481 e. The minimum atomic E-state index is -0.848. The Kier molecular flexibility index (Phi) is 4.96. The second-order valence-corrected chi connectivity index (χ2v) is 6.51. The van der Waals surface area contributed by atoms with Crippen LogP contribution in [0.2, 0.25) is 5.02 Å². The number of amides is 2. The molecule has 0 aromatic heterocycles. The van der Waals surface area contributed by atoms with E-state index in [0.717, 1.165) is 16.1 Å². The largest absolute Gasteiger partial charge is 0.481 e. The number of likely N-dealkylation sites (tertiary alicyclic amines) is 1. The Hall–Kier alpha value is -1.75. The van der Waals surface area contributed by atoms with E-state index in [9.17, 15) is 14.7 Å². The van der Waals surface area contributed by atoms with E-state index in [-0.39, 0.29) is 12.6 Å². The average molecular weight is 325 g/mol. The van der Waals surface area contributed by atoms with Crippen molar-refractivity contribution in [3.05, 3.63) is 34.3 Å². The minimum absolute atomic E-state index is 0.198. The van der Waals surface area contributed by atoms with Gasteiger partial charge in [-0.1, -0.05) is 23.7 Å². The summed E-state index contributed by atoms with van der Waals surface area (Å²) in [7, 11) is 0. The van der Waals surface area contributed by atoms with Crippen LogP contribution in [0.4, 0.5) is 4.79 Å². The second kappa shape index (κ2) is 6.57. The molecular weight excluding hydrogens is 304 g/mol. The molecule has 0 aliphatic carbocycles. The van der Waals surface area contributed by atoms with E-state index in [4.69, 9.17) is 11.6 Å². The lowest BCUT2D eigenvalue weighted by molar-refractivity contribution is -0.146. The Balaban J connectivity index is 1.81. The molecule has 1 aliphatic heterocycles. The third-order valence-corrected chi connectivity index (χ3v) is 4.61. The molecule has 2 amide bonds. The third-order valence-electron chi connectivity index (χ3n) is 4.19. The monoisotopic (exact) mass is 324 g/mol. The van der Waals surface area contributed by atoms with Crippen molar-refractivity contribution in [1.29, 1.82) is 0 Å². The van der Waals surface area contributed by atoms with Gasteiger partial charge in [-0.05, 0) is 43.9 Å². The van der Waals surface area contributed by atoms with E-state index >= 15 is 0 Å². The number of carbonyl (C=O) groups excluding carboxylic acids is 1. The van der Waals surface area contributed by atoms with Crippen molar-refractivity contribution in [3.63, 3.8) is 0 Å². The molecule has 1 aliphatic rings. The van der Waals surface area contributed by atoms with Crippen molar-refractivity contribution in [3.8, 4) is 0 Å². The number of hydrogen-bond acceptors (Lipinski definition) is 2. The van der Waals surface area contributed by atoms with Crippen LogP contribution in [0.3, 0.4) is 0 Å². The van der Waals surface area contributed by atoms with Crippen LogP contribution in [-0.4, -0.2) is 41.6 Å². The lowest BCUT2D eigenvalue weighted by Gasteiger charge is -2.20. The van der Waals surface area contributed by atoms with Gasteiger partial charge >= 0.3 is 12.0 Å². The molecule has 22 heavy (non-hydrogen) atoms. The van der Waals surface area contributed by atoms with Crippen molar-refractivity contribution < 1.29 is 14.7 Å². The van der Waals surface area contributed by atoms with Gasteiger partial charge in [-0.25, -0.2) is 4.79 Å². The Bertz CT molecular complexity index is 591. The number of rotatable bonds is 4. The molecule has 2 N–H and O–H groups in total. The summed E-state index contributed by atoms with van der Waals surface area (Å²) in [5.41, 5.74) is 1.30. The van der Waals surface area contributed by atoms with Crippen LogP contribution in [-0.2, 0) is 11.2 Å². The number of benzene rings is 1. The normalized spacial score (nSPS) is 21.0. The van der Waals surface area contributed by atoms with Crippen molar-refractivity contribution >= 4 is 23.6 Å². The molecule has 1 aromatic rings. The maximum atomic E-state index is 12.1.